The summed E-state index contributed by atoms with van der Waals surface area (Å²) in [4.78, 5) is 58.5. The minimum absolute atomic E-state index is 0.0254. The number of carboxylic acid groups (broad SMARTS) is 1. The van der Waals surface area contributed by atoms with E-state index in [2.05, 4.69) is 25.9 Å². The van der Waals surface area contributed by atoms with E-state index in [4.69, 9.17) is 5.73 Å². The summed E-state index contributed by atoms with van der Waals surface area (Å²) >= 11 is 1.46. The molecule has 0 bridgehead atoms. The zero-order valence-electron chi connectivity index (χ0n) is 23.2. The Bertz CT molecular complexity index is 1310. The molecule has 42 heavy (non-hydrogen) atoms. The number of aliphatic carboxylic acids is 1. The fourth-order valence-corrected chi connectivity index (χ4v) is 4.65. The molecule has 0 spiro atoms. The smallest absolute Gasteiger partial charge is 0.326 e. The topological polar surface area (TPSA) is 200 Å². The summed E-state index contributed by atoms with van der Waals surface area (Å²) in [5.74, 6) is -2.54. The number of amides is 3. The number of thioether (sulfide) groups is 1. The van der Waals surface area contributed by atoms with Gasteiger partial charge in [-0.2, -0.15) is 11.8 Å². The summed E-state index contributed by atoms with van der Waals surface area (Å²) < 4.78 is 0. The highest BCUT2D eigenvalue weighted by Crippen LogP contribution is 2.12. The summed E-state index contributed by atoms with van der Waals surface area (Å²) in [7, 11) is 0. The molecule has 0 aliphatic heterocycles. The number of aromatic hydroxyl groups is 1. The van der Waals surface area contributed by atoms with Crippen molar-refractivity contribution >= 4 is 35.5 Å². The third-order valence-corrected chi connectivity index (χ3v) is 7.13. The molecule has 13 heteroatoms. The van der Waals surface area contributed by atoms with Crippen molar-refractivity contribution in [3.8, 4) is 5.75 Å². The lowest BCUT2D eigenvalue weighted by Crippen LogP contribution is -2.58. The SMILES string of the molecule is CSCCC(NC(=O)C(Cc1cnc[nH]1)NC(=O)C(N)Cc1ccccc1)C(=O)NC(Cc1ccc(O)cc1)C(=O)O. The number of aromatic amines is 1. The number of H-pyrrole nitrogens is 1. The maximum absolute atomic E-state index is 13.5. The van der Waals surface area contributed by atoms with Gasteiger partial charge in [0.05, 0.1) is 12.4 Å². The summed E-state index contributed by atoms with van der Waals surface area (Å²) in [5, 5.41) is 27.1. The van der Waals surface area contributed by atoms with Gasteiger partial charge in [0, 0.05) is 24.7 Å². The highest BCUT2D eigenvalue weighted by molar-refractivity contribution is 7.98. The molecule has 2 aromatic carbocycles. The second-order valence-corrected chi connectivity index (χ2v) is 10.7. The Labute approximate surface area is 247 Å². The van der Waals surface area contributed by atoms with Gasteiger partial charge in [0.1, 0.15) is 23.9 Å². The number of phenolic OH excluding ortho intramolecular Hbond substituents is 1. The minimum Gasteiger partial charge on any atom is -0.508 e. The van der Waals surface area contributed by atoms with Gasteiger partial charge in [0.25, 0.3) is 0 Å². The molecule has 1 aromatic heterocycles. The van der Waals surface area contributed by atoms with E-state index in [0.717, 1.165) is 5.56 Å². The number of aromatic nitrogens is 2. The summed E-state index contributed by atoms with van der Waals surface area (Å²) in [6.45, 7) is 0. The molecule has 3 rings (SSSR count). The van der Waals surface area contributed by atoms with Crippen LogP contribution in [0.1, 0.15) is 23.2 Å². The number of nitrogens with two attached hydrogens (primary N) is 1. The molecule has 0 fully saturated rings. The Morgan fingerprint density at radius 3 is 2.10 bits per heavy atom. The maximum atomic E-state index is 13.5. The first kappa shape index (κ1) is 32.2. The molecular formula is C29H36N6O6S. The number of carbonyl (C=O) groups is 4. The number of phenols is 1. The molecule has 0 aliphatic rings. The van der Waals surface area contributed by atoms with Gasteiger partial charge < -0.3 is 36.9 Å². The van der Waals surface area contributed by atoms with Crippen LogP contribution in [0.2, 0.25) is 0 Å². The number of imidazole rings is 1. The first-order valence-corrected chi connectivity index (χ1v) is 14.7. The number of hydrogen-bond acceptors (Lipinski definition) is 8. The second kappa shape index (κ2) is 16.2. The van der Waals surface area contributed by atoms with Gasteiger partial charge in [-0.3, -0.25) is 14.4 Å². The predicted octanol–water partition coefficient (Wildman–Crippen LogP) is 0.763. The monoisotopic (exact) mass is 596 g/mol. The third kappa shape index (κ3) is 10.2. The average Bonchev–Trinajstić information content (AvgIpc) is 3.49. The Morgan fingerprint density at radius 2 is 1.48 bits per heavy atom. The van der Waals surface area contributed by atoms with E-state index in [9.17, 15) is 29.4 Å². The van der Waals surface area contributed by atoms with E-state index in [1.807, 2.05) is 36.6 Å². The number of nitrogens with zero attached hydrogens (tertiary/aromatic N) is 1. The second-order valence-electron chi connectivity index (χ2n) is 9.75. The largest absolute Gasteiger partial charge is 0.508 e. The Hall–Kier alpha value is -4.36. The number of hydrogen-bond donors (Lipinski definition) is 7. The number of nitrogens with one attached hydrogen (secondary N) is 4. The Morgan fingerprint density at radius 1 is 0.857 bits per heavy atom. The quantitative estimate of drug-likeness (QED) is 0.125. The number of benzene rings is 2. The molecule has 8 N–H and O–H groups in total. The van der Waals surface area contributed by atoms with Crippen molar-refractivity contribution in [3.63, 3.8) is 0 Å². The number of carboxylic acids is 1. The molecule has 12 nitrogen and oxygen atoms in total. The molecule has 0 radical (unpaired) electrons. The van der Waals surface area contributed by atoms with Crippen molar-refractivity contribution in [3.05, 3.63) is 83.9 Å². The van der Waals surface area contributed by atoms with Crippen LogP contribution < -0.4 is 21.7 Å². The normalized spacial score (nSPS) is 13.8. The van der Waals surface area contributed by atoms with Crippen LogP contribution >= 0.6 is 11.8 Å². The molecular weight excluding hydrogens is 560 g/mol. The van der Waals surface area contributed by atoms with Crippen LogP contribution in [-0.2, 0) is 38.4 Å². The molecule has 1 heterocycles. The van der Waals surface area contributed by atoms with Crippen molar-refractivity contribution in [2.24, 2.45) is 5.73 Å². The Kier molecular flexibility index (Phi) is 12.4. The van der Waals surface area contributed by atoms with E-state index in [1.54, 1.807) is 12.1 Å². The summed E-state index contributed by atoms with van der Waals surface area (Å²) in [6, 6.07) is 10.9. The maximum Gasteiger partial charge on any atom is 0.326 e. The predicted molar refractivity (Wildman–Crippen MR) is 159 cm³/mol. The van der Waals surface area contributed by atoms with Crippen LogP contribution in [0.3, 0.4) is 0 Å². The number of rotatable bonds is 16. The van der Waals surface area contributed by atoms with Gasteiger partial charge in [-0.05, 0) is 48.1 Å². The first-order chi connectivity index (χ1) is 20.2. The molecule has 4 unspecified atom stereocenters. The lowest BCUT2D eigenvalue weighted by Gasteiger charge is -2.25. The van der Waals surface area contributed by atoms with E-state index in [-0.39, 0.29) is 31.4 Å². The van der Waals surface area contributed by atoms with Crippen molar-refractivity contribution < 1.29 is 29.4 Å². The lowest BCUT2D eigenvalue weighted by molar-refractivity contribution is -0.142. The lowest BCUT2D eigenvalue weighted by atomic mass is 10.0. The molecule has 4 atom stereocenters. The molecule has 224 valence electrons. The van der Waals surface area contributed by atoms with E-state index in [0.29, 0.717) is 17.0 Å². The van der Waals surface area contributed by atoms with Crippen molar-refractivity contribution in [2.75, 3.05) is 12.0 Å². The zero-order valence-corrected chi connectivity index (χ0v) is 24.0. The summed E-state index contributed by atoms with van der Waals surface area (Å²) in [5.41, 5.74) is 8.18. The van der Waals surface area contributed by atoms with Crippen molar-refractivity contribution in [1.29, 1.82) is 0 Å². The van der Waals surface area contributed by atoms with Gasteiger partial charge in [-0.1, -0.05) is 42.5 Å². The molecule has 3 amide bonds. The summed E-state index contributed by atoms with van der Waals surface area (Å²) in [6.07, 6.45) is 5.34. The first-order valence-electron chi connectivity index (χ1n) is 13.3. The van der Waals surface area contributed by atoms with Crippen LogP contribution in [0.5, 0.6) is 5.75 Å². The molecule has 0 aliphatic carbocycles. The fraction of sp³-hybridized carbons (Fsp3) is 0.345. The highest BCUT2D eigenvalue weighted by Gasteiger charge is 2.30. The zero-order chi connectivity index (χ0) is 30.5. The van der Waals surface area contributed by atoms with Crippen LogP contribution in [0.15, 0.2) is 67.1 Å². The van der Waals surface area contributed by atoms with Crippen molar-refractivity contribution in [2.45, 2.75) is 49.9 Å². The average molecular weight is 597 g/mol. The van der Waals surface area contributed by atoms with Crippen LogP contribution in [0, 0.1) is 0 Å². The van der Waals surface area contributed by atoms with Gasteiger partial charge >= 0.3 is 5.97 Å². The number of carbonyl (C=O) groups excluding carboxylic acids is 3. The van der Waals surface area contributed by atoms with E-state index in [1.165, 1.54) is 36.4 Å². The van der Waals surface area contributed by atoms with Crippen molar-refractivity contribution in [1.82, 2.24) is 25.9 Å². The van der Waals surface area contributed by atoms with Crippen LogP contribution in [0.25, 0.3) is 0 Å². The molecule has 0 saturated carbocycles. The van der Waals surface area contributed by atoms with Crippen LogP contribution in [0.4, 0.5) is 0 Å². The Balaban J connectivity index is 1.72. The molecule has 0 saturated heterocycles. The molecule has 3 aromatic rings. The van der Waals surface area contributed by atoms with Gasteiger partial charge in [-0.25, -0.2) is 9.78 Å². The third-order valence-electron chi connectivity index (χ3n) is 6.48. The standard InChI is InChI=1S/C29H36N6O6S/c1-42-12-11-23(27(38)35-25(29(40)41)14-19-7-9-21(36)10-8-19)33-28(39)24(15-20-16-31-17-32-20)34-26(37)22(30)13-18-5-3-2-4-6-18/h2-10,16-17,22-25,36H,11-15,30H2,1H3,(H,31,32)(H,33,39)(H,34,37)(H,35,38)(H,40,41). The van der Waals surface area contributed by atoms with Gasteiger partial charge in [-0.15, -0.1) is 0 Å². The van der Waals surface area contributed by atoms with E-state index >= 15 is 0 Å². The fourth-order valence-electron chi connectivity index (χ4n) is 4.18. The van der Waals surface area contributed by atoms with Gasteiger partial charge in [0.15, 0.2) is 0 Å². The van der Waals surface area contributed by atoms with Crippen LogP contribution in [-0.4, -0.2) is 80.0 Å². The minimum atomic E-state index is -1.27. The highest BCUT2D eigenvalue weighted by atomic mass is 32.2. The van der Waals surface area contributed by atoms with Gasteiger partial charge in [0.2, 0.25) is 17.7 Å². The van der Waals surface area contributed by atoms with E-state index < -0.39 is 47.9 Å².